The highest BCUT2D eigenvalue weighted by molar-refractivity contribution is 5.82. The first-order valence-electron chi connectivity index (χ1n) is 5.39. The average Bonchev–Trinajstić information content (AvgIpc) is 2.22. The first-order valence-corrected chi connectivity index (χ1v) is 5.39. The number of pyridine rings is 1. The molecule has 0 spiro atoms. The molecule has 1 heterocycles. The van der Waals surface area contributed by atoms with E-state index in [4.69, 9.17) is 16.2 Å². The standard InChI is InChI=1S/C11H18N4O2/c1-6(2)17-11-8(12)4-5-9(15-11)14-7(3)10(13)16/h4-7H,12H2,1-3H3,(H2,13,16)(H,14,15). The number of nitrogen functional groups attached to an aromatic ring is 1. The van der Waals surface area contributed by atoms with E-state index in [0.717, 1.165) is 0 Å². The fraction of sp³-hybridized carbons (Fsp3) is 0.455. The monoisotopic (exact) mass is 238 g/mol. The molecule has 5 N–H and O–H groups in total. The SMILES string of the molecule is CC(C)Oc1nc(NC(C)C(N)=O)ccc1N. The summed E-state index contributed by atoms with van der Waals surface area (Å²) in [7, 11) is 0. The van der Waals surface area contributed by atoms with Crippen LogP contribution < -0.4 is 21.5 Å². The third-order valence-electron chi connectivity index (χ3n) is 2.03. The number of nitrogens with one attached hydrogen (secondary N) is 1. The van der Waals surface area contributed by atoms with E-state index in [1.165, 1.54) is 0 Å². The van der Waals surface area contributed by atoms with Gasteiger partial charge in [-0.1, -0.05) is 0 Å². The second-order valence-electron chi connectivity index (χ2n) is 4.03. The molecular weight excluding hydrogens is 220 g/mol. The van der Waals surface area contributed by atoms with E-state index >= 15 is 0 Å². The number of amides is 1. The Morgan fingerprint density at radius 2 is 2.06 bits per heavy atom. The van der Waals surface area contributed by atoms with E-state index in [1.54, 1.807) is 19.1 Å². The Kier molecular flexibility index (Phi) is 4.14. The van der Waals surface area contributed by atoms with Gasteiger partial charge in [-0.2, -0.15) is 4.98 Å². The van der Waals surface area contributed by atoms with Crippen LogP contribution in [-0.4, -0.2) is 23.0 Å². The highest BCUT2D eigenvalue weighted by Crippen LogP contribution is 2.22. The van der Waals surface area contributed by atoms with Crippen LogP contribution in [0.5, 0.6) is 5.88 Å². The number of carbonyl (C=O) groups is 1. The summed E-state index contributed by atoms with van der Waals surface area (Å²) in [5, 5.41) is 2.86. The lowest BCUT2D eigenvalue weighted by atomic mass is 10.3. The van der Waals surface area contributed by atoms with E-state index in [-0.39, 0.29) is 6.10 Å². The van der Waals surface area contributed by atoms with Crippen LogP contribution in [0, 0.1) is 0 Å². The van der Waals surface area contributed by atoms with Crippen LogP contribution in [0.4, 0.5) is 11.5 Å². The summed E-state index contributed by atoms with van der Waals surface area (Å²) >= 11 is 0. The molecule has 1 amide bonds. The number of aromatic nitrogens is 1. The van der Waals surface area contributed by atoms with Crippen LogP contribution in [0.2, 0.25) is 0 Å². The Bertz CT molecular complexity index is 406. The van der Waals surface area contributed by atoms with Gasteiger partial charge in [-0.3, -0.25) is 4.79 Å². The zero-order valence-corrected chi connectivity index (χ0v) is 10.2. The minimum Gasteiger partial charge on any atom is -0.473 e. The van der Waals surface area contributed by atoms with Gasteiger partial charge in [-0.15, -0.1) is 0 Å². The van der Waals surface area contributed by atoms with Crippen molar-refractivity contribution in [3.63, 3.8) is 0 Å². The number of nitrogens with two attached hydrogens (primary N) is 2. The van der Waals surface area contributed by atoms with Gasteiger partial charge in [0, 0.05) is 0 Å². The molecule has 1 aromatic rings. The van der Waals surface area contributed by atoms with Crippen LogP contribution in [0.25, 0.3) is 0 Å². The van der Waals surface area contributed by atoms with Gasteiger partial charge in [-0.25, -0.2) is 0 Å². The molecule has 0 aliphatic rings. The van der Waals surface area contributed by atoms with Crippen molar-refractivity contribution in [1.29, 1.82) is 0 Å². The number of ether oxygens (including phenoxy) is 1. The molecule has 0 radical (unpaired) electrons. The fourth-order valence-corrected chi connectivity index (χ4v) is 1.14. The van der Waals surface area contributed by atoms with E-state index in [1.807, 2.05) is 13.8 Å². The van der Waals surface area contributed by atoms with E-state index in [9.17, 15) is 4.79 Å². The van der Waals surface area contributed by atoms with Crippen molar-refractivity contribution in [3.05, 3.63) is 12.1 Å². The quantitative estimate of drug-likeness (QED) is 0.701. The maximum Gasteiger partial charge on any atom is 0.239 e. The van der Waals surface area contributed by atoms with Gasteiger partial charge in [0.15, 0.2) is 0 Å². The molecule has 0 fully saturated rings. The molecule has 17 heavy (non-hydrogen) atoms. The Labute approximate surface area is 100 Å². The van der Waals surface area contributed by atoms with E-state index < -0.39 is 11.9 Å². The van der Waals surface area contributed by atoms with Gasteiger partial charge in [0.1, 0.15) is 11.9 Å². The number of nitrogens with zero attached hydrogens (tertiary/aromatic N) is 1. The van der Waals surface area contributed by atoms with Crippen LogP contribution in [0.1, 0.15) is 20.8 Å². The molecule has 6 heteroatoms. The molecule has 1 aromatic heterocycles. The maximum absolute atomic E-state index is 10.9. The topological polar surface area (TPSA) is 103 Å². The number of primary amides is 1. The Morgan fingerprint density at radius 1 is 1.41 bits per heavy atom. The molecule has 0 aliphatic carbocycles. The summed E-state index contributed by atoms with van der Waals surface area (Å²) in [6, 6.07) is 2.83. The second kappa shape index (κ2) is 5.38. The van der Waals surface area contributed by atoms with Gasteiger partial charge in [-0.05, 0) is 32.9 Å². The summed E-state index contributed by atoms with van der Waals surface area (Å²) < 4.78 is 5.44. The zero-order chi connectivity index (χ0) is 13.0. The number of hydrogen-bond acceptors (Lipinski definition) is 5. The summed E-state index contributed by atoms with van der Waals surface area (Å²) in [5.74, 6) is 0.401. The largest absolute Gasteiger partial charge is 0.473 e. The average molecular weight is 238 g/mol. The molecule has 1 unspecified atom stereocenters. The van der Waals surface area contributed by atoms with Gasteiger partial charge in [0.2, 0.25) is 11.8 Å². The lowest BCUT2D eigenvalue weighted by Gasteiger charge is -2.14. The highest BCUT2D eigenvalue weighted by Gasteiger charge is 2.11. The summed E-state index contributed by atoms with van der Waals surface area (Å²) in [6.45, 7) is 5.42. The number of hydrogen-bond donors (Lipinski definition) is 3. The molecule has 1 atom stereocenters. The lowest BCUT2D eigenvalue weighted by Crippen LogP contribution is -2.32. The Balaban J connectivity index is 2.84. The van der Waals surface area contributed by atoms with Crippen LogP contribution >= 0.6 is 0 Å². The molecule has 1 rings (SSSR count). The smallest absolute Gasteiger partial charge is 0.239 e. The molecule has 0 aromatic carbocycles. The van der Waals surface area contributed by atoms with Crippen molar-refractivity contribution >= 4 is 17.4 Å². The van der Waals surface area contributed by atoms with Crippen molar-refractivity contribution in [3.8, 4) is 5.88 Å². The zero-order valence-electron chi connectivity index (χ0n) is 10.2. The fourth-order valence-electron chi connectivity index (χ4n) is 1.14. The second-order valence-corrected chi connectivity index (χ2v) is 4.03. The minimum atomic E-state index is -0.502. The lowest BCUT2D eigenvalue weighted by molar-refractivity contribution is -0.118. The molecule has 0 saturated heterocycles. The molecule has 0 saturated carbocycles. The van der Waals surface area contributed by atoms with E-state index in [2.05, 4.69) is 10.3 Å². The van der Waals surface area contributed by atoms with Crippen molar-refractivity contribution in [2.75, 3.05) is 11.1 Å². The third kappa shape index (κ3) is 3.82. The van der Waals surface area contributed by atoms with Gasteiger partial charge >= 0.3 is 0 Å². The highest BCUT2D eigenvalue weighted by atomic mass is 16.5. The molecule has 6 nitrogen and oxygen atoms in total. The maximum atomic E-state index is 10.9. The first-order chi connectivity index (χ1) is 7.90. The number of rotatable bonds is 5. The predicted molar refractivity (Wildman–Crippen MR) is 66.7 cm³/mol. The first kappa shape index (κ1) is 13.1. The molecule has 94 valence electrons. The number of carbonyl (C=O) groups excluding carboxylic acids is 1. The summed E-state index contributed by atoms with van der Waals surface area (Å²) in [6.07, 6.45) is -0.0198. The van der Waals surface area contributed by atoms with Crippen LogP contribution in [0.3, 0.4) is 0 Å². The normalized spacial score (nSPS) is 12.2. The Hall–Kier alpha value is -1.98. The third-order valence-corrected chi connectivity index (χ3v) is 2.03. The van der Waals surface area contributed by atoms with Gasteiger partial charge < -0.3 is 21.5 Å². The molecule has 0 bridgehead atoms. The predicted octanol–water partition coefficient (Wildman–Crippen LogP) is 0.737. The van der Waals surface area contributed by atoms with Crippen LogP contribution in [0.15, 0.2) is 12.1 Å². The van der Waals surface area contributed by atoms with Gasteiger partial charge in [0.25, 0.3) is 0 Å². The van der Waals surface area contributed by atoms with Crippen molar-refractivity contribution in [2.24, 2.45) is 5.73 Å². The van der Waals surface area contributed by atoms with Crippen LogP contribution in [-0.2, 0) is 4.79 Å². The van der Waals surface area contributed by atoms with Crippen molar-refractivity contribution < 1.29 is 9.53 Å². The number of anilines is 2. The van der Waals surface area contributed by atoms with Gasteiger partial charge in [0.05, 0.1) is 11.8 Å². The van der Waals surface area contributed by atoms with E-state index in [0.29, 0.717) is 17.4 Å². The minimum absolute atomic E-state index is 0.0198. The summed E-state index contributed by atoms with van der Waals surface area (Å²) in [5.41, 5.74) is 11.3. The molecular formula is C11H18N4O2. The Morgan fingerprint density at radius 3 is 2.59 bits per heavy atom. The summed E-state index contributed by atoms with van der Waals surface area (Å²) in [4.78, 5) is 15.1. The molecule has 0 aliphatic heterocycles. The van der Waals surface area contributed by atoms with Crippen molar-refractivity contribution in [2.45, 2.75) is 32.9 Å². The van der Waals surface area contributed by atoms with Crippen molar-refractivity contribution in [1.82, 2.24) is 4.98 Å².